The van der Waals surface area contributed by atoms with Crippen molar-refractivity contribution in [2.24, 2.45) is 4.36 Å². The Morgan fingerprint density at radius 1 is 0.929 bits per heavy atom. The number of hydrogen-bond acceptors (Lipinski definition) is 3. The molecule has 232 valence electrons. The van der Waals surface area contributed by atoms with Gasteiger partial charge in [-0.2, -0.15) is 43.9 Å². The van der Waals surface area contributed by atoms with Crippen LogP contribution in [-0.2, 0) is 21.2 Å². The van der Waals surface area contributed by atoms with Gasteiger partial charge in [-0.25, -0.2) is 4.39 Å². The molecule has 18 heteroatoms. The van der Waals surface area contributed by atoms with Crippen LogP contribution in [0.4, 0.5) is 49.6 Å². The number of rotatable bonds is 7. The molecule has 3 amide bonds. The van der Waals surface area contributed by atoms with E-state index in [0.29, 0.717) is 6.07 Å². The first-order chi connectivity index (χ1) is 19.0. The number of nitrogens with one attached hydrogen (secondary N) is 2. The quantitative estimate of drug-likeness (QED) is 0.307. The second kappa shape index (κ2) is 12.7. The third-order valence-corrected chi connectivity index (χ3v) is 7.61. The highest BCUT2D eigenvalue weighted by Crippen LogP contribution is 2.53. The third-order valence-electron chi connectivity index (χ3n) is 5.49. The molecule has 1 unspecified atom stereocenters. The van der Waals surface area contributed by atoms with E-state index < -0.39 is 64.2 Å². The molecular formula is C24H20BrF10N3O3S. The number of aryl methyl sites for hydroxylation is 1. The number of hydrogen-bond donors (Lipinski definition) is 2. The predicted molar refractivity (Wildman–Crippen MR) is 137 cm³/mol. The fourth-order valence-corrected chi connectivity index (χ4v) is 5.38. The number of halogens is 11. The molecule has 0 aliphatic carbocycles. The molecule has 2 aromatic carbocycles. The van der Waals surface area contributed by atoms with Gasteiger partial charge in [0.2, 0.25) is 0 Å². The van der Waals surface area contributed by atoms with E-state index in [0.717, 1.165) is 6.92 Å². The van der Waals surface area contributed by atoms with Gasteiger partial charge in [0.25, 0.3) is 11.8 Å². The first-order valence-corrected chi connectivity index (χ1v) is 13.9. The van der Waals surface area contributed by atoms with Gasteiger partial charge in [-0.15, -0.1) is 0 Å². The van der Waals surface area contributed by atoms with Gasteiger partial charge in [-0.05, 0) is 59.8 Å². The monoisotopic (exact) mass is 699 g/mol. The van der Waals surface area contributed by atoms with Gasteiger partial charge in [0, 0.05) is 27.5 Å². The van der Waals surface area contributed by atoms with E-state index in [1.54, 1.807) is 0 Å². The van der Waals surface area contributed by atoms with Crippen LogP contribution in [0.25, 0.3) is 0 Å². The van der Waals surface area contributed by atoms with E-state index in [1.165, 1.54) is 31.4 Å². The number of amides is 3. The summed E-state index contributed by atoms with van der Waals surface area (Å²) >= 11 is 3.10. The lowest BCUT2D eigenvalue weighted by Gasteiger charge is -2.30. The zero-order chi connectivity index (χ0) is 32.4. The van der Waals surface area contributed by atoms with Crippen LogP contribution in [0.5, 0.6) is 0 Å². The molecule has 0 aliphatic heterocycles. The van der Waals surface area contributed by atoms with Gasteiger partial charge in [-0.3, -0.25) is 14.4 Å². The van der Waals surface area contributed by atoms with Gasteiger partial charge in [0.1, 0.15) is 0 Å². The van der Waals surface area contributed by atoms with Crippen molar-refractivity contribution in [2.45, 2.75) is 44.1 Å². The molecule has 6 nitrogen and oxygen atoms in total. The summed E-state index contributed by atoms with van der Waals surface area (Å²) in [6, 6.07) is 4.18. The summed E-state index contributed by atoms with van der Waals surface area (Å²) in [5, 5.41) is 4.70. The average molecular weight is 700 g/mol. The number of alkyl halides is 10. The molecule has 0 heterocycles. The fourth-order valence-electron chi connectivity index (χ4n) is 3.57. The Morgan fingerprint density at radius 3 is 2.00 bits per heavy atom. The van der Waals surface area contributed by atoms with E-state index >= 15 is 0 Å². The first-order valence-electron chi connectivity index (χ1n) is 11.3. The molecule has 0 aliphatic rings. The smallest absolute Gasteiger partial charge is 0.349 e. The Hall–Kier alpha value is -3.02. The highest BCUT2D eigenvalue weighted by atomic mass is 79.9. The lowest BCUT2D eigenvalue weighted by Crippen LogP contribution is -2.50. The number of carbonyl (C=O) groups is 3. The van der Waals surface area contributed by atoms with Crippen molar-refractivity contribution in [1.29, 1.82) is 0 Å². The normalized spacial score (nSPS) is 14.3. The summed E-state index contributed by atoms with van der Waals surface area (Å²) in [6.07, 6.45) is -16.6. The number of carbonyl (C=O) groups excluding carboxylic acids is 3. The minimum atomic E-state index is -6.33. The molecule has 0 fully saturated rings. The zero-order valence-corrected chi connectivity index (χ0v) is 23.9. The fraction of sp³-hybridized carbons (Fsp3) is 0.375. The Labute approximate surface area is 242 Å². The highest BCUT2D eigenvalue weighted by Gasteiger charge is 2.73. The molecule has 0 saturated heterocycles. The van der Waals surface area contributed by atoms with Crippen molar-refractivity contribution in [3.8, 4) is 0 Å². The largest absolute Gasteiger partial charge is 0.474 e. The van der Waals surface area contributed by atoms with Crippen LogP contribution in [0.3, 0.4) is 0 Å². The van der Waals surface area contributed by atoms with Crippen molar-refractivity contribution >= 4 is 50.0 Å². The number of benzene rings is 2. The predicted octanol–water partition coefficient (Wildman–Crippen LogP) is 6.94. The van der Waals surface area contributed by atoms with Crippen LogP contribution in [0.2, 0.25) is 0 Å². The molecule has 2 atom stereocenters. The number of anilines is 1. The maximum absolute atomic E-state index is 14.4. The van der Waals surface area contributed by atoms with Gasteiger partial charge in [0.05, 0.1) is 11.1 Å². The van der Waals surface area contributed by atoms with Crippen LogP contribution < -0.4 is 10.6 Å². The van der Waals surface area contributed by atoms with E-state index in [1.807, 2.05) is 0 Å². The summed E-state index contributed by atoms with van der Waals surface area (Å²) in [5.74, 6) is -4.36. The summed E-state index contributed by atoms with van der Waals surface area (Å²) in [4.78, 5) is 37.0. The molecule has 42 heavy (non-hydrogen) atoms. The average Bonchev–Trinajstić information content (AvgIpc) is 2.82. The minimum absolute atomic E-state index is 0.0805. The molecule has 2 aromatic rings. The standard InChI is InChI=1S/C24H20BrF10N3O3S/c1-11-9-13(21(26,23(30,31)32)24(33,34)35)7-8-16(11)37-18(39)14-5-4-6-15(25)17(14)19(40)36-12(2)10-42(3)38-20(41)22(27,28)29/h4-9,12H,10H2,1-3H3,(H,36,40)(H,37,39)/t12-,42?/m1/s1. The second-order valence-electron chi connectivity index (χ2n) is 8.84. The second-order valence-corrected chi connectivity index (χ2v) is 11.4. The van der Waals surface area contributed by atoms with Crippen molar-refractivity contribution < 1.29 is 58.3 Å². The maximum Gasteiger partial charge on any atom is 0.474 e. The van der Waals surface area contributed by atoms with Gasteiger partial charge >= 0.3 is 30.1 Å². The van der Waals surface area contributed by atoms with Gasteiger partial charge < -0.3 is 10.6 Å². The Kier molecular flexibility index (Phi) is 10.6. The summed E-state index contributed by atoms with van der Waals surface area (Å²) in [6.45, 7) is 2.43. The van der Waals surface area contributed by atoms with Gasteiger partial charge in [0.15, 0.2) is 0 Å². The van der Waals surface area contributed by atoms with Crippen molar-refractivity contribution in [3.63, 3.8) is 0 Å². The molecule has 0 bridgehead atoms. The van der Waals surface area contributed by atoms with Crippen molar-refractivity contribution in [3.05, 3.63) is 63.1 Å². The number of nitrogens with zero attached hydrogens (tertiary/aromatic N) is 1. The minimum Gasteiger partial charge on any atom is -0.349 e. The Morgan fingerprint density at radius 2 is 1.50 bits per heavy atom. The van der Waals surface area contributed by atoms with Crippen LogP contribution in [0, 0.1) is 6.92 Å². The molecule has 0 radical (unpaired) electrons. The topological polar surface area (TPSA) is 87.6 Å². The molecule has 2 N–H and O–H groups in total. The van der Waals surface area contributed by atoms with E-state index in [-0.39, 0.29) is 44.7 Å². The summed E-state index contributed by atoms with van der Waals surface area (Å²) in [7, 11) is -1.44. The lowest BCUT2D eigenvalue weighted by atomic mass is 9.92. The van der Waals surface area contributed by atoms with Crippen molar-refractivity contribution in [2.75, 3.05) is 17.3 Å². The Balaban J connectivity index is 2.32. The van der Waals surface area contributed by atoms with E-state index in [9.17, 15) is 58.3 Å². The van der Waals surface area contributed by atoms with Crippen LogP contribution in [0.15, 0.2) is 45.2 Å². The third kappa shape index (κ3) is 7.87. The molecule has 0 spiro atoms. The molecular weight excluding hydrogens is 680 g/mol. The first kappa shape index (κ1) is 35.2. The highest BCUT2D eigenvalue weighted by molar-refractivity contribution is 9.10. The van der Waals surface area contributed by atoms with E-state index in [2.05, 4.69) is 30.9 Å². The van der Waals surface area contributed by atoms with Crippen molar-refractivity contribution in [1.82, 2.24) is 5.32 Å². The SMILES string of the molecule is Cc1cc(C(F)(C(F)(F)F)C(F)(F)F)ccc1NC(=O)c1cccc(Br)c1C(=O)N[C@H](C)CS(C)=NC(=O)C(F)(F)F. The maximum atomic E-state index is 14.4. The van der Waals surface area contributed by atoms with Crippen LogP contribution >= 0.6 is 15.9 Å². The lowest BCUT2D eigenvalue weighted by molar-refractivity contribution is -0.348. The molecule has 0 aromatic heterocycles. The van der Waals surface area contributed by atoms with Gasteiger partial charge in [-0.1, -0.05) is 28.9 Å². The molecule has 2 rings (SSSR count). The van der Waals surface area contributed by atoms with Crippen LogP contribution in [0.1, 0.15) is 38.8 Å². The molecule has 0 saturated carbocycles. The summed E-state index contributed by atoms with van der Waals surface area (Å²) in [5.41, 5.74) is -8.67. The van der Waals surface area contributed by atoms with Crippen LogP contribution in [-0.4, -0.2) is 54.3 Å². The zero-order valence-electron chi connectivity index (χ0n) is 21.5. The summed E-state index contributed by atoms with van der Waals surface area (Å²) < 4.78 is 133. The van der Waals surface area contributed by atoms with E-state index in [4.69, 9.17) is 0 Å². The Bertz CT molecular complexity index is 1390.